The van der Waals surface area contributed by atoms with E-state index in [1.54, 1.807) is 25.5 Å². The van der Waals surface area contributed by atoms with Crippen molar-refractivity contribution in [3.05, 3.63) is 18.6 Å². The van der Waals surface area contributed by atoms with Crippen LogP contribution in [0.5, 0.6) is 0 Å². The van der Waals surface area contributed by atoms with Crippen LogP contribution in [-0.4, -0.2) is 28.8 Å². The third-order valence-corrected chi connectivity index (χ3v) is 2.87. The number of anilines is 1. The topological polar surface area (TPSA) is 46.1 Å². The number of aromatic nitrogens is 2. The highest BCUT2D eigenvalue weighted by Crippen LogP contribution is 2.21. The van der Waals surface area contributed by atoms with Gasteiger partial charge in [-0.25, -0.2) is 4.98 Å². The number of hydrogen-bond donors (Lipinski definition) is 0. The number of hydrogen-bond acceptors (Lipinski definition) is 4. The van der Waals surface area contributed by atoms with E-state index in [1.807, 2.05) is 0 Å². The minimum atomic E-state index is 0.167. The summed E-state index contributed by atoms with van der Waals surface area (Å²) in [6, 6.07) is 0. The van der Waals surface area contributed by atoms with Gasteiger partial charge in [0.1, 0.15) is 11.6 Å². The minimum Gasteiger partial charge on any atom is -0.355 e. The van der Waals surface area contributed by atoms with Crippen LogP contribution in [0.2, 0.25) is 0 Å². The van der Waals surface area contributed by atoms with Gasteiger partial charge in [0.05, 0.1) is 6.20 Å². The Morgan fingerprint density at radius 1 is 1.53 bits per heavy atom. The van der Waals surface area contributed by atoms with Crippen molar-refractivity contribution in [2.75, 3.05) is 18.0 Å². The van der Waals surface area contributed by atoms with E-state index in [-0.39, 0.29) is 11.7 Å². The highest BCUT2D eigenvalue weighted by molar-refractivity contribution is 5.79. The first-order valence-electron chi connectivity index (χ1n) is 5.29. The molecule has 1 unspecified atom stereocenters. The Morgan fingerprint density at radius 2 is 2.40 bits per heavy atom. The maximum atomic E-state index is 11.3. The molecular weight excluding hydrogens is 190 g/mol. The predicted octanol–water partition coefficient (Wildman–Crippen LogP) is 1.28. The number of nitrogens with zero attached hydrogens (tertiary/aromatic N) is 3. The summed E-state index contributed by atoms with van der Waals surface area (Å²) in [6.07, 6.45) is 7.16. The van der Waals surface area contributed by atoms with Crippen LogP contribution in [0.3, 0.4) is 0 Å². The fourth-order valence-corrected chi connectivity index (χ4v) is 1.97. The van der Waals surface area contributed by atoms with Crippen molar-refractivity contribution in [2.24, 2.45) is 5.92 Å². The SMILES string of the molecule is CC(=O)C1CCCN(c2cnccn2)C1. The quantitative estimate of drug-likeness (QED) is 0.729. The predicted molar refractivity (Wildman–Crippen MR) is 57.7 cm³/mol. The van der Waals surface area contributed by atoms with E-state index in [0.717, 1.165) is 31.7 Å². The molecule has 2 rings (SSSR count). The van der Waals surface area contributed by atoms with Gasteiger partial charge in [0.15, 0.2) is 0 Å². The van der Waals surface area contributed by atoms with E-state index in [0.29, 0.717) is 0 Å². The van der Waals surface area contributed by atoms with Crippen LogP contribution in [0.15, 0.2) is 18.6 Å². The van der Waals surface area contributed by atoms with Gasteiger partial charge in [0.2, 0.25) is 0 Å². The maximum absolute atomic E-state index is 11.3. The molecule has 4 nitrogen and oxygen atoms in total. The first-order chi connectivity index (χ1) is 7.27. The molecule has 0 aromatic carbocycles. The van der Waals surface area contributed by atoms with E-state index >= 15 is 0 Å². The molecule has 0 aliphatic carbocycles. The molecule has 1 atom stereocenters. The molecule has 1 aromatic heterocycles. The Balaban J connectivity index is 2.08. The molecule has 1 aromatic rings. The summed E-state index contributed by atoms with van der Waals surface area (Å²) in [6.45, 7) is 3.43. The third kappa shape index (κ3) is 2.32. The molecule has 0 amide bonds. The molecule has 1 saturated heterocycles. The Hall–Kier alpha value is -1.45. The fraction of sp³-hybridized carbons (Fsp3) is 0.545. The second-order valence-electron chi connectivity index (χ2n) is 3.96. The van der Waals surface area contributed by atoms with Gasteiger partial charge >= 0.3 is 0 Å². The molecule has 1 aliphatic heterocycles. The standard InChI is InChI=1S/C11H15N3O/c1-9(15)10-3-2-6-14(8-10)11-7-12-4-5-13-11/h4-5,7,10H,2-3,6,8H2,1H3. The van der Waals surface area contributed by atoms with Crippen LogP contribution in [-0.2, 0) is 4.79 Å². The zero-order chi connectivity index (χ0) is 10.7. The monoisotopic (exact) mass is 205 g/mol. The van der Waals surface area contributed by atoms with Crippen LogP contribution in [0.1, 0.15) is 19.8 Å². The van der Waals surface area contributed by atoms with Crippen LogP contribution in [0.25, 0.3) is 0 Å². The largest absolute Gasteiger partial charge is 0.355 e. The van der Waals surface area contributed by atoms with E-state index in [2.05, 4.69) is 14.9 Å². The summed E-state index contributed by atoms with van der Waals surface area (Å²) >= 11 is 0. The molecule has 0 saturated carbocycles. The second-order valence-corrected chi connectivity index (χ2v) is 3.96. The van der Waals surface area contributed by atoms with Gasteiger partial charge in [-0.15, -0.1) is 0 Å². The Bertz CT molecular complexity index is 339. The smallest absolute Gasteiger partial charge is 0.147 e. The minimum absolute atomic E-state index is 0.167. The van der Waals surface area contributed by atoms with Crippen molar-refractivity contribution in [2.45, 2.75) is 19.8 Å². The van der Waals surface area contributed by atoms with Gasteiger partial charge in [-0.1, -0.05) is 0 Å². The van der Waals surface area contributed by atoms with Crippen molar-refractivity contribution in [1.82, 2.24) is 9.97 Å². The first-order valence-corrected chi connectivity index (χ1v) is 5.29. The second kappa shape index (κ2) is 4.38. The summed E-state index contributed by atoms with van der Waals surface area (Å²) in [7, 11) is 0. The zero-order valence-electron chi connectivity index (χ0n) is 8.89. The van der Waals surface area contributed by atoms with Crippen molar-refractivity contribution >= 4 is 11.6 Å². The van der Waals surface area contributed by atoms with E-state index in [1.165, 1.54) is 0 Å². The van der Waals surface area contributed by atoms with Gasteiger partial charge in [0.25, 0.3) is 0 Å². The molecule has 1 aliphatic rings. The van der Waals surface area contributed by atoms with Crippen LogP contribution >= 0.6 is 0 Å². The summed E-state index contributed by atoms with van der Waals surface area (Å²) in [4.78, 5) is 21.7. The Kier molecular flexibility index (Phi) is 2.94. The number of ketones is 1. The summed E-state index contributed by atoms with van der Waals surface area (Å²) < 4.78 is 0. The summed E-state index contributed by atoms with van der Waals surface area (Å²) in [5, 5.41) is 0. The normalized spacial score (nSPS) is 21.4. The number of carbonyl (C=O) groups is 1. The van der Waals surface area contributed by atoms with E-state index < -0.39 is 0 Å². The van der Waals surface area contributed by atoms with Crippen LogP contribution in [0, 0.1) is 5.92 Å². The Labute approximate surface area is 89.3 Å². The Morgan fingerprint density at radius 3 is 3.07 bits per heavy atom. The van der Waals surface area contributed by atoms with Crippen molar-refractivity contribution in [3.63, 3.8) is 0 Å². The average Bonchev–Trinajstić information content (AvgIpc) is 2.30. The lowest BCUT2D eigenvalue weighted by Gasteiger charge is -2.32. The number of Topliss-reactive ketones (excluding diaryl/α,β-unsaturated/α-hetero) is 1. The van der Waals surface area contributed by atoms with Gasteiger partial charge in [-0.05, 0) is 19.8 Å². The van der Waals surface area contributed by atoms with Crippen LogP contribution in [0.4, 0.5) is 5.82 Å². The van der Waals surface area contributed by atoms with Crippen molar-refractivity contribution < 1.29 is 4.79 Å². The molecule has 15 heavy (non-hydrogen) atoms. The molecule has 0 radical (unpaired) electrons. The van der Waals surface area contributed by atoms with E-state index in [9.17, 15) is 4.79 Å². The van der Waals surface area contributed by atoms with Crippen molar-refractivity contribution in [1.29, 1.82) is 0 Å². The molecule has 0 bridgehead atoms. The maximum Gasteiger partial charge on any atom is 0.147 e. The lowest BCUT2D eigenvalue weighted by atomic mass is 9.95. The molecule has 4 heteroatoms. The zero-order valence-corrected chi connectivity index (χ0v) is 8.89. The highest BCUT2D eigenvalue weighted by atomic mass is 16.1. The van der Waals surface area contributed by atoms with Gasteiger partial charge in [-0.3, -0.25) is 9.78 Å². The highest BCUT2D eigenvalue weighted by Gasteiger charge is 2.23. The third-order valence-electron chi connectivity index (χ3n) is 2.87. The summed E-state index contributed by atoms with van der Waals surface area (Å²) in [5.74, 6) is 1.33. The molecule has 1 fully saturated rings. The molecule has 0 spiro atoms. The fourth-order valence-electron chi connectivity index (χ4n) is 1.97. The summed E-state index contributed by atoms with van der Waals surface area (Å²) in [5.41, 5.74) is 0. The first kappa shape index (κ1) is 10.1. The molecule has 80 valence electrons. The number of piperidine rings is 1. The molecule has 0 N–H and O–H groups in total. The molecule has 2 heterocycles. The number of rotatable bonds is 2. The van der Waals surface area contributed by atoms with Crippen LogP contribution < -0.4 is 4.90 Å². The van der Waals surface area contributed by atoms with Crippen molar-refractivity contribution in [3.8, 4) is 0 Å². The van der Waals surface area contributed by atoms with Gasteiger partial charge in [0, 0.05) is 31.4 Å². The average molecular weight is 205 g/mol. The lowest BCUT2D eigenvalue weighted by molar-refractivity contribution is -0.120. The lowest BCUT2D eigenvalue weighted by Crippen LogP contribution is -2.38. The molecular formula is C11H15N3O. The number of carbonyl (C=O) groups excluding carboxylic acids is 1. The van der Waals surface area contributed by atoms with Gasteiger partial charge < -0.3 is 4.90 Å². The van der Waals surface area contributed by atoms with Gasteiger partial charge in [-0.2, -0.15) is 0 Å². The van der Waals surface area contributed by atoms with E-state index in [4.69, 9.17) is 0 Å².